The molecule has 1 fully saturated rings. The van der Waals surface area contributed by atoms with Crippen LogP contribution in [0.3, 0.4) is 0 Å². The third-order valence-electron chi connectivity index (χ3n) is 3.57. The molecule has 0 bridgehead atoms. The van der Waals surface area contributed by atoms with Crippen molar-refractivity contribution in [3.05, 3.63) is 35.9 Å². The van der Waals surface area contributed by atoms with Gasteiger partial charge in [0.15, 0.2) is 0 Å². The number of piperidine rings is 1. The number of rotatable bonds is 2. The number of ether oxygens (including phenoxy) is 1. The monoisotopic (exact) mass is 262 g/mol. The number of hydrogen-bond acceptors (Lipinski definition) is 2. The van der Waals surface area contributed by atoms with E-state index in [1.807, 2.05) is 18.2 Å². The summed E-state index contributed by atoms with van der Waals surface area (Å²) in [6.45, 7) is 8.82. The van der Waals surface area contributed by atoms with Gasteiger partial charge >= 0.3 is 5.97 Å². The second-order valence-corrected chi connectivity index (χ2v) is 6.92. The molecule has 1 saturated heterocycles. The fraction of sp³-hybridized carbons (Fsp3) is 0.562. The Labute approximate surface area is 115 Å². The second-order valence-electron chi connectivity index (χ2n) is 6.92. The highest BCUT2D eigenvalue weighted by molar-refractivity contribution is 5.89. The fourth-order valence-electron chi connectivity index (χ4n) is 3.30. The lowest BCUT2D eigenvalue weighted by atomic mass is 9.81. The maximum atomic E-state index is 12.1. The Balaban J connectivity index is 2.05. The molecule has 3 heteroatoms. The lowest BCUT2D eigenvalue weighted by Crippen LogP contribution is -3.06. The Bertz CT molecular complexity index is 435. The minimum atomic E-state index is -0.209. The van der Waals surface area contributed by atoms with Crippen LogP contribution in [0.2, 0.25) is 0 Å². The minimum Gasteiger partial charge on any atom is -0.458 e. The standard InChI is InChI=1S/C16H23NO2/c1-15(2)10-13(11-16(3,4)17-15)19-14(18)12-8-6-5-7-9-12/h5-9,13,17H,10-11H2,1-4H3/p+1. The molecule has 1 aliphatic rings. The summed E-state index contributed by atoms with van der Waals surface area (Å²) in [6.07, 6.45) is 1.80. The first-order valence-corrected chi connectivity index (χ1v) is 6.91. The number of esters is 1. The average molecular weight is 262 g/mol. The van der Waals surface area contributed by atoms with Crippen LogP contribution in [-0.2, 0) is 4.74 Å². The van der Waals surface area contributed by atoms with E-state index in [0.29, 0.717) is 5.56 Å². The van der Waals surface area contributed by atoms with Gasteiger partial charge in [0, 0.05) is 12.8 Å². The van der Waals surface area contributed by atoms with Crippen LogP contribution >= 0.6 is 0 Å². The van der Waals surface area contributed by atoms with Gasteiger partial charge in [0.1, 0.15) is 6.10 Å². The summed E-state index contributed by atoms with van der Waals surface area (Å²) in [5.74, 6) is -0.209. The van der Waals surface area contributed by atoms with Crippen LogP contribution in [-0.4, -0.2) is 23.2 Å². The van der Waals surface area contributed by atoms with E-state index < -0.39 is 0 Å². The number of hydrogen-bond donors (Lipinski definition) is 1. The third kappa shape index (κ3) is 3.80. The van der Waals surface area contributed by atoms with Crippen LogP contribution < -0.4 is 5.32 Å². The Morgan fingerprint density at radius 1 is 1.11 bits per heavy atom. The molecule has 19 heavy (non-hydrogen) atoms. The number of benzene rings is 1. The molecular weight excluding hydrogens is 238 g/mol. The number of carbonyl (C=O) groups excluding carboxylic acids is 1. The molecule has 1 aliphatic heterocycles. The Hall–Kier alpha value is -1.35. The van der Waals surface area contributed by atoms with Gasteiger partial charge in [-0.3, -0.25) is 0 Å². The summed E-state index contributed by atoms with van der Waals surface area (Å²) in [5, 5.41) is 2.38. The van der Waals surface area contributed by atoms with Gasteiger partial charge in [0.25, 0.3) is 0 Å². The van der Waals surface area contributed by atoms with Gasteiger partial charge in [-0.15, -0.1) is 0 Å². The summed E-state index contributed by atoms with van der Waals surface area (Å²) in [7, 11) is 0. The molecule has 3 nitrogen and oxygen atoms in total. The maximum Gasteiger partial charge on any atom is 0.338 e. The molecule has 0 atom stereocenters. The molecule has 0 saturated carbocycles. The molecule has 0 radical (unpaired) electrons. The quantitative estimate of drug-likeness (QED) is 0.830. The molecule has 2 N–H and O–H groups in total. The van der Waals surface area contributed by atoms with E-state index in [0.717, 1.165) is 12.8 Å². The van der Waals surface area contributed by atoms with Gasteiger partial charge in [0.05, 0.1) is 16.6 Å². The minimum absolute atomic E-state index is 0.00251. The van der Waals surface area contributed by atoms with Crippen LogP contribution in [0, 0.1) is 0 Å². The molecule has 104 valence electrons. The smallest absolute Gasteiger partial charge is 0.338 e. The van der Waals surface area contributed by atoms with E-state index in [1.165, 1.54) is 0 Å². The number of quaternary nitrogens is 1. The maximum absolute atomic E-state index is 12.1. The van der Waals surface area contributed by atoms with Crippen molar-refractivity contribution < 1.29 is 14.8 Å². The molecule has 2 rings (SSSR count). The van der Waals surface area contributed by atoms with Crippen LogP contribution in [0.15, 0.2) is 30.3 Å². The largest absolute Gasteiger partial charge is 0.458 e. The molecule has 0 amide bonds. The van der Waals surface area contributed by atoms with Crippen molar-refractivity contribution in [3.8, 4) is 0 Å². The highest BCUT2D eigenvalue weighted by Gasteiger charge is 2.43. The molecule has 0 aliphatic carbocycles. The summed E-state index contributed by atoms with van der Waals surface area (Å²) in [6, 6.07) is 9.22. The van der Waals surface area contributed by atoms with Crippen molar-refractivity contribution in [2.24, 2.45) is 0 Å². The average Bonchev–Trinajstić information content (AvgIpc) is 2.25. The molecule has 0 aromatic heterocycles. The SMILES string of the molecule is CC1(C)CC(OC(=O)c2ccccc2)CC(C)(C)[NH2+]1. The Morgan fingerprint density at radius 2 is 1.63 bits per heavy atom. The lowest BCUT2D eigenvalue weighted by Gasteiger charge is -2.42. The first kappa shape index (κ1) is 14.1. The Morgan fingerprint density at radius 3 is 2.16 bits per heavy atom. The van der Waals surface area contributed by atoms with E-state index in [1.54, 1.807) is 12.1 Å². The Kier molecular flexibility index (Phi) is 3.68. The van der Waals surface area contributed by atoms with Crippen molar-refractivity contribution in [2.75, 3.05) is 0 Å². The van der Waals surface area contributed by atoms with E-state index in [-0.39, 0.29) is 23.2 Å². The summed E-state index contributed by atoms with van der Waals surface area (Å²) < 4.78 is 5.69. The van der Waals surface area contributed by atoms with Crippen molar-refractivity contribution in [1.82, 2.24) is 0 Å². The molecule has 1 heterocycles. The fourth-order valence-corrected chi connectivity index (χ4v) is 3.30. The lowest BCUT2D eigenvalue weighted by molar-refractivity contribution is -0.789. The van der Waals surface area contributed by atoms with Gasteiger partial charge in [0.2, 0.25) is 0 Å². The number of carbonyl (C=O) groups is 1. The van der Waals surface area contributed by atoms with Crippen molar-refractivity contribution >= 4 is 5.97 Å². The number of nitrogens with two attached hydrogens (primary N) is 1. The zero-order valence-electron chi connectivity index (χ0n) is 12.3. The van der Waals surface area contributed by atoms with Crippen molar-refractivity contribution in [3.63, 3.8) is 0 Å². The van der Waals surface area contributed by atoms with Crippen LogP contribution in [0.1, 0.15) is 50.9 Å². The molecule has 0 unspecified atom stereocenters. The van der Waals surface area contributed by atoms with Crippen molar-refractivity contribution in [1.29, 1.82) is 0 Å². The predicted molar refractivity (Wildman–Crippen MR) is 75.0 cm³/mol. The van der Waals surface area contributed by atoms with E-state index in [4.69, 9.17) is 4.74 Å². The van der Waals surface area contributed by atoms with Crippen LogP contribution in [0.5, 0.6) is 0 Å². The molecule has 1 aromatic carbocycles. The first-order valence-electron chi connectivity index (χ1n) is 6.91. The van der Waals surface area contributed by atoms with Gasteiger partial charge < -0.3 is 10.1 Å². The van der Waals surface area contributed by atoms with Gasteiger partial charge in [-0.25, -0.2) is 4.79 Å². The van der Waals surface area contributed by atoms with Gasteiger partial charge in [-0.2, -0.15) is 0 Å². The second kappa shape index (κ2) is 4.97. The normalized spacial score (nSPS) is 21.9. The van der Waals surface area contributed by atoms with Crippen molar-refractivity contribution in [2.45, 2.75) is 57.7 Å². The topological polar surface area (TPSA) is 42.9 Å². The zero-order chi connectivity index (χ0) is 14.1. The van der Waals surface area contributed by atoms with E-state index in [2.05, 4.69) is 33.0 Å². The molecule has 1 aromatic rings. The summed E-state index contributed by atoms with van der Waals surface area (Å²) >= 11 is 0. The third-order valence-corrected chi connectivity index (χ3v) is 3.57. The van der Waals surface area contributed by atoms with Gasteiger partial charge in [-0.05, 0) is 39.8 Å². The summed E-state index contributed by atoms with van der Waals surface area (Å²) in [4.78, 5) is 12.1. The first-order chi connectivity index (χ1) is 8.77. The highest BCUT2D eigenvalue weighted by atomic mass is 16.5. The van der Waals surface area contributed by atoms with E-state index in [9.17, 15) is 4.79 Å². The zero-order valence-corrected chi connectivity index (χ0v) is 12.3. The summed E-state index contributed by atoms with van der Waals surface area (Å²) in [5.41, 5.74) is 0.861. The molecular formula is C16H24NO2+. The molecule has 0 spiro atoms. The predicted octanol–water partition coefficient (Wildman–Crippen LogP) is 2.13. The van der Waals surface area contributed by atoms with Gasteiger partial charge in [-0.1, -0.05) is 18.2 Å². The van der Waals surface area contributed by atoms with E-state index >= 15 is 0 Å². The van der Waals surface area contributed by atoms with Crippen LogP contribution in [0.25, 0.3) is 0 Å². The highest BCUT2D eigenvalue weighted by Crippen LogP contribution is 2.24. The van der Waals surface area contributed by atoms with Crippen LogP contribution in [0.4, 0.5) is 0 Å².